The Kier molecular flexibility index (Phi) is 5.01. The topological polar surface area (TPSA) is 41.0 Å². The Labute approximate surface area is 141 Å². The molecule has 1 N–H and O–H groups in total. The summed E-state index contributed by atoms with van der Waals surface area (Å²) in [4.78, 5) is 10.6. The van der Waals surface area contributed by atoms with Gasteiger partial charge < -0.3 is 10.2 Å². The molecule has 0 aliphatic rings. The Hall–Kier alpha value is -2.95. The van der Waals surface area contributed by atoms with Gasteiger partial charge in [0.05, 0.1) is 0 Å². The number of aromatic nitrogens is 2. The quantitative estimate of drug-likeness (QED) is 0.748. The second-order valence-electron chi connectivity index (χ2n) is 5.58. The highest BCUT2D eigenvalue weighted by Gasteiger charge is 2.05. The van der Waals surface area contributed by atoms with Crippen molar-refractivity contribution in [1.82, 2.24) is 9.97 Å². The van der Waals surface area contributed by atoms with Crippen molar-refractivity contribution in [3.8, 4) is 0 Å². The molecule has 4 nitrogen and oxygen atoms in total. The molecule has 0 saturated heterocycles. The van der Waals surface area contributed by atoms with Crippen LogP contribution in [0.5, 0.6) is 0 Å². The van der Waals surface area contributed by atoms with Gasteiger partial charge >= 0.3 is 0 Å². The first-order valence-electron chi connectivity index (χ1n) is 7.76. The van der Waals surface area contributed by atoms with Crippen LogP contribution >= 0.6 is 0 Å². The molecule has 0 atom stereocenters. The minimum Gasteiger partial charge on any atom is -0.366 e. The van der Waals surface area contributed by atoms with Gasteiger partial charge in [0, 0.05) is 26.2 Å². The van der Waals surface area contributed by atoms with Gasteiger partial charge in [-0.25, -0.2) is 14.4 Å². The summed E-state index contributed by atoms with van der Waals surface area (Å²) in [5.41, 5.74) is 2.22. The molecule has 0 aliphatic heterocycles. The number of halogens is 1. The van der Waals surface area contributed by atoms with Gasteiger partial charge in [-0.15, -0.1) is 0 Å². The van der Waals surface area contributed by atoms with Gasteiger partial charge in [-0.2, -0.15) is 0 Å². The zero-order chi connectivity index (χ0) is 16.8. The first-order chi connectivity index (χ1) is 11.7. The summed E-state index contributed by atoms with van der Waals surface area (Å²) >= 11 is 0. The highest BCUT2D eigenvalue weighted by molar-refractivity contribution is 5.48. The molecule has 0 spiro atoms. The van der Waals surface area contributed by atoms with Crippen LogP contribution < -0.4 is 10.2 Å². The van der Waals surface area contributed by atoms with Crippen molar-refractivity contribution in [2.24, 2.45) is 0 Å². The molecule has 0 amide bonds. The summed E-state index contributed by atoms with van der Waals surface area (Å²) in [6, 6.07) is 18.6. The van der Waals surface area contributed by atoms with Crippen molar-refractivity contribution >= 4 is 11.6 Å². The number of anilines is 2. The van der Waals surface area contributed by atoms with Gasteiger partial charge in [-0.05, 0) is 23.3 Å². The van der Waals surface area contributed by atoms with Crippen LogP contribution in [0.2, 0.25) is 0 Å². The predicted octanol–water partition coefficient (Wildman–Crippen LogP) is 3.86. The molecule has 3 rings (SSSR count). The van der Waals surface area contributed by atoms with Crippen LogP contribution in [0.4, 0.5) is 16.0 Å². The average Bonchev–Trinajstić information content (AvgIpc) is 2.62. The van der Waals surface area contributed by atoms with Gasteiger partial charge in [0.15, 0.2) is 0 Å². The molecule has 0 unspecified atom stereocenters. The van der Waals surface area contributed by atoms with Crippen LogP contribution in [0.25, 0.3) is 0 Å². The van der Waals surface area contributed by atoms with E-state index < -0.39 is 0 Å². The molecule has 3 aromatic rings. The molecule has 0 fully saturated rings. The third-order valence-corrected chi connectivity index (χ3v) is 3.69. The summed E-state index contributed by atoms with van der Waals surface area (Å²) in [6.07, 6.45) is 1.55. The van der Waals surface area contributed by atoms with E-state index in [9.17, 15) is 4.39 Å². The van der Waals surface area contributed by atoms with Gasteiger partial charge in [0.1, 0.15) is 23.8 Å². The van der Waals surface area contributed by atoms with Crippen LogP contribution in [-0.4, -0.2) is 17.0 Å². The number of hydrogen-bond acceptors (Lipinski definition) is 4. The summed E-state index contributed by atoms with van der Waals surface area (Å²) < 4.78 is 12.9. The van der Waals surface area contributed by atoms with Crippen LogP contribution in [-0.2, 0) is 13.1 Å². The second kappa shape index (κ2) is 7.55. The maximum atomic E-state index is 12.9. The summed E-state index contributed by atoms with van der Waals surface area (Å²) in [6.45, 7) is 1.36. The van der Waals surface area contributed by atoms with E-state index in [1.165, 1.54) is 17.7 Å². The number of hydrogen-bond donors (Lipinski definition) is 1. The van der Waals surface area contributed by atoms with E-state index in [1.807, 2.05) is 31.3 Å². The lowest BCUT2D eigenvalue weighted by Crippen LogP contribution is -2.18. The smallest absolute Gasteiger partial charge is 0.134 e. The molecule has 0 bridgehead atoms. The lowest BCUT2D eigenvalue weighted by molar-refractivity contribution is 0.627. The Morgan fingerprint density at radius 3 is 2.46 bits per heavy atom. The lowest BCUT2D eigenvalue weighted by atomic mass is 10.2. The van der Waals surface area contributed by atoms with Crippen molar-refractivity contribution in [3.05, 3.63) is 83.9 Å². The number of rotatable bonds is 6. The second-order valence-corrected chi connectivity index (χ2v) is 5.58. The van der Waals surface area contributed by atoms with Crippen molar-refractivity contribution in [3.63, 3.8) is 0 Å². The summed E-state index contributed by atoms with van der Waals surface area (Å²) in [5.74, 6) is 1.35. The van der Waals surface area contributed by atoms with Crippen molar-refractivity contribution in [2.45, 2.75) is 13.1 Å². The fourth-order valence-corrected chi connectivity index (χ4v) is 2.39. The van der Waals surface area contributed by atoms with Crippen molar-refractivity contribution in [2.75, 3.05) is 17.3 Å². The van der Waals surface area contributed by atoms with Crippen LogP contribution in [0.3, 0.4) is 0 Å². The SMILES string of the molecule is CN(Cc1ccccc1)c1cc(NCc2ccc(F)cc2)ncn1. The Morgan fingerprint density at radius 1 is 0.958 bits per heavy atom. The molecule has 122 valence electrons. The minimum atomic E-state index is -0.231. The molecular formula is C19H19FN4. The summed E-state index contributed by atoms with van der Waals surface area (Å²) in [5, 5.41) is 3.24. The normalized spacial score (nSPS) is 10.4. The van der Waals surface area contributed by atoms with Gasteiger partial charge in [0.2, 0.25) is 0 Å². The maximum Gasteiger partial charge on any atom is 0.134 e. The zero-order valence-corrected chi connectivity index (χ0v) is 13.5. The molecule has 2 aromatic carbocycles. The Morgan fingerprint density at radius 2 is 1.71 bits per heavy atom. The van der Waals surface area contributed by atoms with Crippen molar-refractivity contribution in [1.29, 1.82) is 0 Å². The highest BCUT2D eigenvalue weighted by atomic mass is 19.1. The largest absolute Gasteiger partial charge is 0.366 e. The third kappa shape index (κ3) is 4.29. The highest BCUT2D eigenvalue weighted by Crippen LogP contribution is 2.16. The van der Waals surface area contributed by atoms with Crippen LogP contribution in [0, 0.1) is 5.82 Å². The van der Waals surface area contributed by atoms with Crippen molar-refractivity contribution < 1.29 is 4.39 Å². The Balaban J connectivity index is 1.64. The zero-order valence-electron chi connectivity index (χ0n) is 13.5. The van der Waals surface area contributed by atoms with E-state index in [-0.39, 0.29) is 5.82 Å². The molecule has 24 heavy (non-hydrogen) atoms. The maximum absolute atomic E-state index is 12.9. The molecule has 1 aromatic heterocycles. The standard InChI is InChI=1S/C19H19FN4/c1-24(13-16-5-3-2-4-6-16)19-11-18(22-14-23-19)21-12-15-7-9-17(20)10-8-15/h2-11,14H,12-13H2,1H3,(H,21,22,23). The van der Waals surface area contributed by atoms with Crippen LogP contribution in [0.15, 0.2) is 67.0 Å². The van der Waals surface area contributed by atoms with Gasteiger partial charge in [0.25, 0.3) is 0 Å². The van der Waals surface area contributed by atoms with Gasteiger partial charge in [-0.1, -0.05) is 42.5 Å². The van der Waals surface area contributed by atoms with Crippen LogP contribution in [0.1, 0.15) is 11.1 Å². The number of nitrogens with one attached hydrogen (secondary N) is 1. The molecular weight excluding hydrogens is 303 g/mol. The first-order valence-corrected chi connectivity index (χ1v) is 7.76. The fourth-order valence-electron chi connectivity index (χ4n) is 2.39. The number of benzene rings is 2. The molecule has 5 heteroatoms. The first kappa shape index (κ1) is 15.9. The minimum absolute atomic E-state index is 0.231. The third-order valence-electron chi connectivity index (χ3n) is 3.69. The van der Waals surface area contributed by atoms with E-state index >= 15 is 0 Å². The summed E-state index contributed by atoms with van der Waals surface area (Å²) in [7, 11) is 2.00. The Bertz CT molecular complexity index is 775. The lowest BCUT2D eigenvalue weighted by Gasteiger charge is -2.18. The van der Waals surface area contributed by atoms with E-state index in [0.29, 0.717) is 6.54 Å². The fraction of sp³-hybridized carbons (Fsp3) is 0.158. The molecule has 0 radical (unpaired) electrons. The van der Waals surface area contributed by atoms with E-state index in [4.69, 9.17) is 0 Å². The molecule has 1 heterocycles. The van der Waals surface area contributed by atoms with E-state index in [2.05, 4.69) is 32.3 Å². The van der Waals surface area contributed by atoms with E-state index in [0.717, 1.165) is 23.7 Å². The van der Waals surface area contributed by atoms with E-state index in [1.54, 1.807) is 18.5 Å². The monoisotopic (exact) mass is 322 g/mol. The number of nitrogens with zero attached hydrogens (tertiary/aromatic N) is 3. The predicted molar refractivity (Wildman–Crippen MR) is 94.3 cm³/mol. The van der Waals surface area contributed by atoms with Gasteiger partial charge in [-0.3, -0.25) is 0 Å². The molecule has 0 aliphatic carbocycles. The molecule has 0 saturated carbocycles. The average molecular weight is 322 g/mol.